The molecule has 3 aromatic carbocycles. The van der Waals surface area contributed by atoms with Gasteiger partial charge >= 0.3 is 6.03 Å². The zero-order valence-corrected chi connectivity index (χ0v) is 24.2. The summed E-state index contributed by atoms with van der Waals surface area (Å²) in [7, 11) is 3.21. The highest BCUT2D eigenvalue weighted by molar-refractivity contribution is 6.30. The lowest BCUT2D eigenvalue weighted by Crippen LogP contribution is -2.55. The van der Waals surface area contributed by atoms with Crippen LogP contribution in [-0.4, -0.2) is 67.5 Å². The lowest BCUT2D eigenvalue weighted by atomic mass is 9.93. The van der Waals surface area contributed by atoms with Crippen molar-refractivity contribution in [3.05, 3.63) is 88.4 Å². The van der Waals surface area contributed by atoms with Gasteiger partial charge in [0.15, 0.2) is 0 Å². The van der Waals surface area contributed by atoms with Crippen LogP contribution in [0.25, 0.3) is 0 Å². The topological polar surface area (TPSA) is 92.7 Å². The van der Waals surface area contributed by atoms with Gasteiger partial charge in [-0.15, -0.1) is 0 Å². The van der Waals surface area contributed by atoms with Crippen LogP contribution in [0.15, 0.2) is 71.7 Å². The minimum atomic E-state index is -0.541. The van der Waals surface area contributed by atoms with Crippen LogP contribution in [0.1, 0.15) is 42.6 Å². The summed E-state index contributed by atoms with van der Waals surface area (Å²) in [6, 6.07) is 19.2. The third kappa shape index (κ3) is 5.95. The molecule has 0 bridgehead atoms. The molecule has 0 radical (unpaired) electrons. The fourth-order valence-electron chi connectivity index (χ4n) is 5.14. The van der Waals surface area contributed by atoms with Gasteiger partial charge in [-0.3, -0.25) is 14.7 Å². The van der Waals surface area contributed by atoms with Crippen molar-refractivity contribution in [3.8, 4) is 17.2 Å². The molecule has 1 fully saturated rings. The molecule has 0 spiro atoms. The molecule has 10 heteroatoms. The highest BCUT2D eigenvalue weighted by Gasteiger charge is 2.45. The predicted octanol–water partition coefficient (Wildman–Crippen LogP) is 5.24. The second-order valence-electron chi connectivity index (χ2n) is 10.1. The van der Waals surface area contributed by atoms with E-state index in [4.69, 9.17) is 30.8 Å². The molecule has 2 atom stereocenters. The quantitative estimate of drug-likeness (QED) is 0.415. The molecule has 3 aromatic rings. The number of amides is 3. The molecule has 2 unspecified atom stereocenters. The number of aliphatic imine (C=N–C) groups is 1. The number of piperazine rings is 1. The Labute approximate surface area is 244 Å². The Kier molecular flexibility index (Phi) is 8.35. The molecule has 3 amide bonds. The van der Waals surface area contributed by atoms with Crippen molar-refractivity contribution in [2.45, 2.75) is 32.0 Å². The van der Waals surface area contributed by atoms with Crippen LogP contribution >= 0.6 is 11.6 Å². The van der Waals surface area contributed by atoms with E-state index in [1.807, 2.05) is 62.4 Å². The SMILES string of the molecule is COc1cccc(C2N=C(c3ccc(OC)cc3OC(C)C)N(C(=O)N3CCNC(=O)C3)C2c2ccc(Cl)cc2)c1. The van der Waals surface area contributed by atoms with Crippen molar-refractivity contribution < 1.29 is 23.8 Å². The van der Waals surface area contributed by atoms with Gasteiger partial charge in [-0.05, 0) is 61.4 Å². The predicted molar refractivity (Wildman–Crippen MR) is 157 cm³/mol. The first-order valence-corrected chi connectivity index (χ1v) is 13.8. The second kappa shape index (κ2) is 12.1. The summed E-state index contributed by atoms with van der Waals surface area (Å²) < 4.78 is 17.2. The lowest BCUT2D eigenvalue weighted by molar-refractivity contribution is -0.123. The van der Waals surface area contributed by atoms with Gasteiger partial charge in [0.1, 0.15) is 35.7 Å². The van der Waals surface area contributed by atoms with Crippen LogP contribution in [0.4, 0.5) is 4.79 Å². The minimum Gasteiger partial charge on any atom is -0.497 e. The Morgan fingerprint density at radius 3 is 2.41 bits per heavy atom. The fraction of sp³-hybridized carbons (Fsp3) is 0.323. The number of benzene rings is 3. The third-order valence-electron chi connectivity index (χ3n) is 7.02. The molecule has 41 heavy (non-hydrogen) atoms. The number of nitrogens with zero attached hydrogens (tertiary/aromatic N) is 3. The maximum Gasteiger partial charge on any atom is 0.326 e. The Hall–Kier alpha value is -4.24. The smallest absolute Gasteiger partial charge is 0.326 e. The van der Waals surface area contributed by atoms with Gasteiger partial charge in [0, 0.05) is 24.2 Å². The molecule has 0 aliphatic carbocycles. The monoisotopic (exact) mass is 576 g/mol. The number of nitrogens with one attached hydrogen (secondary N) is 1. The first-order chi connectivity index (χ1) is 19.8. The number of urea groups is 1. The molecule has 1 N–H and O–H groups in total. The van der Waals surface area contributed by atoms with Crippen LogP contribution < -0.4 is 19.5 Å². The van der Waals surface area contributed by atoms with Crippen LogP contribution in [0.2, 0.25) is 5.02 Å². The number of amidine groups is 1. The van der Waals surface area contributed by atoms with Gasteiger partial charge in [-0.2, -0.15) is 0 Å². The second-order valence-corrected chi connectivity index (χ2v) is 10.6. The molecule has 0 saturated carbocycles. The largest absolute Gasteiger partial charge is 0.497 e. The van der Waals surface area contributed by atoms with Gasteiger partial charge in [-0.1, -0.05) is 35.9 Å². The maximum atomic E-state index is 14.4. The molecule has 5 rings (SSSR count). The lowest BCUT2D eigenvalue weighted by Gasteiger charge is -2.36. The number of hydrogen-bond acceptors (Lipinski definition) is 6. The average Bonchev–Trinajstić information content (AvgIpc) is 3.37. The first-order valence-electron chi connectivity index (χ1n) is 13.5. The number of methoxy groups -OCH3 is 2. The van der Waals surface area contributed by atoms with Gasteiger partial charge in [-0.25, -0.2) is 4.79 Å². The number of carbonyl (C=O) groups excluding carboxylic acids is 2. The average molecular weight is 577 g/mol. The molecule has 1 saturated heterocycles. The molecule has 214 valence electrons. The van der Waals surface area contributed by atoms with Crippen molar-refractivity contribution in [2.75, 3.05) is 33.9 Å². The van der Waals surface area contributed by atoms with E-state index < -0.39 is 12.1 Å². The molecular formula is C31H33ClN4O5. The van der Waals surface area contributed by atoms with Crippen molar-refractivity contribution in [1.29, 1.82) is 0 Å². The van der Waals surface area contributed by atoms with Crippen LogP contribution in [0, 0.1) is 0 Å². The number of hydrogen-bond donors (Lipinski definition) is 1. The fourth-order valence-corrected chi connectivity index (χ4v) is 5.27. The van der Waals surface area contributed by atoms with Crippen molar-refractivity contribution >= 4 is 29.4 Å². The van der Waals surface area contributed by atoms with Crippen LogP contribution in [0.3, 0.4) is 0 Å². The normalized spacial score (nSPS) is 18.7. The number of halogens is 1. The van der Waals surface area contributed by atoms with Gasteiger partial charge < -0.3 is 24.4 Å². The van der Waals surface area contributed by atoms with Crippen molar-refractivity contribution in [3.63, 3.8) is 0 Å². The van der Waals surface area contributed by atoms with Crippen molar-refractivity contribution in [2.24, 2.45) is 4.99 Å². The first kappa shape index (κ1) is 28.3. The van der Waals surface area contributed by atoms with E-state index in [1.54, 1.807) is 42.2 Å². The number of rotatable bonds is 7. The summed E-state index contributed by atoms with van der Waals surface area (Å²) in [4.78, 5) is 35.2. The van der Waals surface area contributed by atoms with Crippen LogP contribution in [-0.2, 0) is 4.79 Å². The summed E-state index contributed by atoms with van der Waals surface area (Å²) >= 11 is 6.26. The molecular weight excluding hydrogens is 544 g/mol. The van der Waals surface area contributed by atoms with Gasteiger partial charge in [0.05, 0.1) is 31.9 Å². The van der Waals surface area contributed by atoms with E-state index >= 15 is 0 Å². The van der Waals surface area contributed by atoms with E-state index in [9.17, 15) is 9.59 Å². The summed E-state index contributed by atoms with van der Waals surface area (Å²) in [6.07, 6.45) is -0.140. The molecule has 2 aliphatic rings. The Bertz CT molecular complexity index is 1460. The van der Waals surface area contributed by atoms with Gasteiger partial charge in [0.25, 0.3) is 0 Å². The Morgan fingerprint density at radius 2 is 1.73 bits per heavy atom. The van der Waals surface area contributed by atoms with Gasteiger partial charge in [0.2, 0.25) is 5.91 Å². The molecule has 2 heterocycles. The summed E-state index contributed by atoms with van der Waals surface area (Å²) in [5.74, 6) is 2.07. The third-order valence-corrected chi connectivity index (χ3v) is 7.27. The standard InChI is InChI=1S/C31H33ClN4O5/c1-19(2)41-26-17-24(40-4)12-13-25(26)30-34-28(21-6-5-7-23(16-21)39-3)29(20-8-10-22(32)11-9-20)36(30)31(38)35-15-14-33-27(37)18-35/h5-13,16-17,19,28-29H,14-15,18H2,1-4H3,(H,33,37). The summed E-state index contributed by atoms with van der Waals surface area (Å²) in [6.45, 7) is 4.58. The highest BCUT2D eigenvalue weighted by Crippen LogP contribution is 2.46. The van der Waals surface area contributed by atoms with E-state index in [2.05, 4.69) is 5.32 Å². The zero-order valence-electron chi connectivity index (χ0n) is 23.5. The van der Waals surface area contributed by atoms with E-state index in [1.165, 1.54) is 0 Å². The maximum absolute atomic E-state index is 14.4. The Balaban J connectivity index is 1.72. The molecule has 9 nitrogen and oxygen atoms in total. The van der Waals surface area contributed by atoms with E-state index in [0.717, 1.165) is 11.1 Å². The minimum absolute atomic E-state index is 0.0439. The summed E-state index contributed by atoms with van der Waals surface area (Å²) in [5.41, 5.74) is 2.35. The molecule has 2 aliphatic heterocycles. The van der Waals surface area contributed by atoms with E-state index in [0.29, 0.717) is 46.8 Å². The zero-order chi connectivity index (χ0) is 29.1. The summed E-state index contributed by atoms with van der Waals surface area (Å²) in [5, 5.41) is 3.38. The number of carbonyl (C=O) groups is 2. The number of ether oxygens (including phenoxy) is 3. The van der Waals surface area contributed by atoms with E-state index in [-0.39, 0.29) is 24.6 Å². The highest BCUT2D eigenvalue weighted by atomic mass is 35.5. The van der Waals surface area contributed by atoms with Crippen molar-refractivity contribution in [1.82, 2.24) is 15.1 Å². The Morgan fingerprint density at radius 1 is 1.00 bits per heavy atom. The van der Waals surface area contributed by atoms with Crippen LogP contribution in [0.5, 0.6) is 17.2 Å². The molecule has 0 aromatic heterocycles.